The molecule has 84 valence electrons. The molecule has 0 aromatic heterocycles. The molecule has 1 aromatic rings. The first kappa shape index (κ1) is 11.1. The van der Waals surface area contributed by atoms with E-state index in [1.807, 2.05) is 25.1 Å². The number of ether oxygens (including phenoxy) is 1. The zero-order valence-electron chi connectivity index (χ0n) is 9.47. The first-order valence-corrected chi connectivity index (χ1v) is 5.59. The van der Waals surface area contributed by atoms with E-state index >= 15 is 0 Å². The van der Waals surface area contributed by atoms with Crippen molar-refractivity contribution in [2.75, 3.05) is 13.1 Å². The molecule has 0 bridgehead atoms. The first-order chi connectivity index (χ1) is 7.78. The van der Waals surface area contributed by atoms with Gasteiger partial charge in [-0.3, -0.25) is 4.90 Å². The largest absolute Gasteiger partial charge is 0.358 e. The molecule has 1 heterocycles. The summed E-state index contributed by atoms with van der Waals surface area (Å²) < 4.78 is 5.50. The SMILES string of the molecule is C[C@@H]1CN(Cc2ccccc2)C[C@@H](C#N)O1. The van der Waals surface area contributed by atoms with Crippen molar-refractivity contribution in [2.45, 2.75) is 25.7 Å². The molecule has 3 nitrogen and oxygen atoms in total. The van der Waals surface area contributed by atoms with Crippen LogP contribution in [0.2, 0.25) is 0 Å². The number of nitriles is 1. The topological polar surface area (TPSA) is 36.3 Å². The van der Waals surface area contributed by atoms with Crippen LogP contribution in [0, 0.1) is 11.3 Å². The van der Waals surface area contributed by atoms with Crippen LogP contribution in [-0.4, -0.2) is 30.2 Å². The number of rotatable bonds is 2. The Bertz CT molecular complexity index is 371. The Kier molecular flexibility index (Phi) is 3.55. The summed E-state index contributed by atoms with van der Waals surface area (Å²) in [6.07, 6.45) is -0.144. The van der Waals surface area contributed by atoms with Crippen LogP contribution in [0.5, 0.6) is 0 Å². The highest BCUT2D eigenvalue weighted by molar-refractivity contribution is 5.14. The van der Waals surface area contributed by atoms with E-state index in [4.69, 9.17) is 10.00 Å². The molecule has 0 amide bonds. The number of morpholine rings is 1. The van der Waals surface area contributed by atoms with Gasteiger partial charge in [-0.25, -0.2) is 0 Å². The fourth-order valence-corrected chi connectivity index (χ4v) is 2.08. The Morgan fingerprint density at radius 1 is 1.38 bits per heavy atom. The van der Waals surface area contributed by atoms with Gasteiger partial charge < -0.3 is 4.74 Å². The first-order valence-electron chi connectivity index (χ1n) is 5.59. The fourth-order valence-electron chi connectivity index (χ4n) is 2.08. The van der Waals surface area contributed by atoms with Crippen LogP contribution in [0.25, 0.3) is 0 Å². The zero-order valence-corrected chi connectivity index (χ0v) is 9.47. The normalized spacial score (nSPS) is 26.2. The van der Waals surface area contributed by atoms with Crippen molar-refractivity contribution < 1.29 is 4.74 Å². The molecule has 1 aliphatic heterocycles. The quantitative estimate of drug-likeness (QED) is 0.756. The number of hydrogen-bond acceptors (Lipinski definition) is 3. The molecule has 0 unspecified atom stereocenters. The molecule has 16 heavy (non-hydrogen) atoms. The van der Waals surface area contributed by atoms with E-state index in [0.717, 1.165) is 13.1 Å². The van der Waals surface area contributed by atoms with Crippen molar-refractivity contribution in [3.8, 4) is 6.07 Å². The number of hydrogen-bond donors (Lipinski definition) is 0. The molecule has 0 saturated carbocycles. The van der Waals surface area contributed by atoms with Gasteiger partial charge in [-0.2, -0.15) is 5.26 Å². The molecule has 3 heteroatoms. The summed E-state index contributed by atoms with van der Waals surface area (Å²) in [7, 11) is 0. The maximum absolute atomic E-state index is 8.89. The minimum atomic E-state index is -0.285. The lowest BCUT2D eigenvalue weighted by Gasteiger charge is -2.33. The second kappa shape index (κ2) is 5.11. The predicted octanol–water partition coefficient (Wildman–Crippen LogP) is 1.80. The Balaban J connectivity index is 1.97. The zero-order chi connectivity index (χ0) is 11.4. The second-order valence-electron chi connectivity index (χ2n) is 4.24. The Morgan fingerprint density at radius 3 is 2.81 bits per heavy atom. The molecular formula is C13H16N2O. The van der Waals surface area contributed by atoms with Crippen LogP contribution in [0.15, 0.2) is 30.3 Å². The van der Waals surface area contributed by atoms with E-state index in [1.54, 1.807) is 0 Å². The van der Waals surface area contributed by atoms with Crippen molar-refractivity contribution >= 4 is 0 Å². The molecule has 1 aromatic carbocycles. The third-order valence-electron chi connectivity index (χ3n) is 2.73. The summed E-state index contributed by atoms with van der Waals surface area (Å²) in [5, 5.41) is 8.89. The minimum absolute atomic E-state index is 0.141. The smallest absolute Gasteiger partial charge is 0.156 e. The van der Waals surface area contributed by atoms with E-state index in [-0.39, 0.29) is 12.2 Å². The van der Waals surface area contributed by atoms with Crippen molar-refractivity contribution in [2.24, 2.45) is 0 Å². The lowest BCUT2D eigenvalue weighted by Crippen LogP contribution is -2.45. The van der Waals surface area contributed by atoms with E-state index in [9.17, 15) is 0 Å². The van der Waals surface area contributed by atoms with Crippen LogP contribution < -0.4 is 0 Å². The number of nitrogens with zero attached hydrogens (tertiary/aromatic N) is 2. The van der Waals surface area contributed by atoms with Crippen LogP contribution in [0.1, 0.15) is 12.5 Å². The molecular weight excluding hydrogens is 200 g/mol. The van der Waals surface area contributed by atoms with E-state index < -0.39 is 0 Å². The van der Waals surface area contributed by atoms with Gasteiger partial charge in [0, 0.05) is 19.6 Å². The molecule has 0 spiro atoms. The van der Waals surface area contributed by atoms with Crippen LogP contribution in [0.3, 0.4) is 0 Å². The minimum Gasteiger partial charge on any atom is -0.358 e. The summed E-state index contributed by atoms with van der Waals surface area (Å²) in [4.78, 5) is 2.28. The van der Waals surface area contributed by atoms with Crippen molar-refractivity contribution in [3.63, 3.8) is 0 Å². The number of benzene rings is 1. The van der Waals surface area contributed by atoms with Gasteiger partial charge in [-0.15, -0.1) is 0 Å². The standard InChI is InChI=1S/C13H16N2O/c1-11-8-15(10-13(7-14)16-11)9-12-5-3-2-4-6-12/h2-6,11,13H,8-10H2,1H3/t11-,13-/m1/s1. The van der Waals surface area contributed by atoms with Gasteiger partial charge in [-0.05, 0) is 12.5 Å². The molecule has 2 atom stereocenters. The van der Waals surface area contributed by atoms with Crippen molar-refractivity contribution in [3.05, 3.63) is 35.9 Å². The highest BCUT2D eigenvalue weighted by atomic mass is 16.5. The van der Waals surface area contributed by atoms with Crippen molar-refractivity contribution in [1.29, 1.82) is 5.26 Å². The Hall–Kier alpha value is -1.37. The predicted molar refractivity (Wildman–Crippen MR) is 61.7 cm³/mol. The highest BCUT2D eigenvalue weighted by Gasteiger charge is 2.24. The summed E-state index contributed by atoms with van der Waals surface area (Å²) in [5.74, 6) is 0. The monoisotopic (exact) mass is 216 g/mol. The Morgan fingerprint density at radius 2 is 2.12 bits per heavy atom. The van der Waals surface area contributed by atoms with Gasteiger partial charge in [0.25, 0.3) is 0 Å². The highest BCUT2D eigenvalue weighted by Crippen LogP contribution is 2.13. The fraction of sp³-hybridized carbons (Fsp3) is 0.462. The van der Waals surface area contributed by atoms with Gasteiger partial charge in [-0.1, -0.05) is 30.3 Å². The lowest BCUT2D eigenvalue weighted by molar-refractivity contribution is -0.0542. The molecule has 2 rings (SSSR count). The molecule has 0 aliphatic carbocycles. The maximum atomic E-state index is 8.89. The van der Waals surface area contributed by atoms with Crippen LogP contribution in [-0.2, 0) is 11.3 Å². The summed E-state index contributed by atoms with van der Waals surface area (Å²) >= 11 is 0. The molecule has 1 fully saturated rings. The molecule has 0 radical (unpaired) electrons. The van der Waals surface area contributed by atoms with E-state index in [1.165, 1.54) is 5.56 Å². The summed E-state index contributed by atoms with van der Waals surface area (Å²) in [6.45, 7) is 4.51. The van der Waals surface area contributed by atoms with E-state index in [2.05, 4.69) is 23.1 Å². The maximum Gasteiger partial charge on any atom is 0.156 e. The van der Waals surface area contributed by atoms with Crippen LogP contribution in [0.4, 0.5) is 0 Å². The van der Waals surface area contributed by atoms with E-state index in [0.29, 0.717) is 6.54 Å². The van der Waals surface area contributed by atoms with Crippen LogP contribution >= 0.6 is 0 Å². The Labute approximate surface area is 96.2 Å². The second-order valence-corrected chi connectivity index (χ2v) is 4.24. The molecule has 1 saturated heterocycles. The summed E-state index contributed by atoms with van der Waals surface area (Å²) in [5.41, 5.74) is 1.29. The third kappa shape index (κ3) is 2.82. The third-order valence-corrected chi connectivity index (χ3v) is 2.73. The molecule has 1 aliphatic rings. The van der Waals surface area contributed by atoms with Gasteiger partial charge in [0.2, 0.25) is 0 Å². The van der Waals surface area contributed by atoms with Gasteiger partial charge in [0.1, 0.15) is 0 Å². The van der Waals surface area contributed by atoms with Gasteiger partial charge >= 0.3 is 0 Å². The average Bonchev–Trinajstić information content (AvgIpc) is 2.29. The van der Waals surface area contributed by atoms with Gasteiger partial charge in [0.15, 0.2) is 6.10 Å². The van der Waals surface area contributed by atoms with Crippen molar-refractivity contribution in [1.82, 2.24) is 4.90 Å². The van der Waals surface area contributed by atoms with Gasteiger partial charge in [0.05, 0.1) is 12.2 Å². The average molecular weight is 216 g/mol. The lowest BCUT2D eigenvalue weighted by atomic mass is 10.1. The summed E-state index contributed by atoms with van der Waals surface area (Å²) in [6, 6.07) is 12.5. The molecule has 0 N–H and O–H groups in total.